The second-order valence-electron chi connectivity index (χ2n) is 5.59. The minimum atomic E-state index is -0.431. The van der Waals surface area contributed by atoms with E-state index in [1.165, 1.54) is 0 Å². The highest BCUT2D eigenvalue weighted by Gasteiger charge is 2.19. The third-order valence-electron chi connectivity index (χ3n) is 3.66. The molecule has 1 aliphatic heterocycles. The van der Waals surface area contributed by atoms with Crippen molar-refractivity contribution in [3.63, 3.8) is 0 Å². The highest BCUT2D eigenvalue weighted by atomic mass is 16.5. The summed E-state index contributed by atoms with van der Waals surface area (Å²) in [7, 11) is 1.65. The van der Waals surface area contributed by atoms with Crippen LogP contribution in [0.2, 0.25) is 0 Å². The number of ether oxygens (including phenoxy) is 3. The van der Waals surface area contributed by atoms with Crippen LogP contribution in [0.1, 0.15) is 13.8 Å². The van der Waals surface area contributed by atoms with E-state index < -0.39 is 6.10 Å². The number of piperazine rings is 1. The number of nitrogens with zero attached hydrogens (tertiary/aromatic N) is 2. The maximum Gasteiger partial charge on any atom is 0.0900 e. The predicted molar refractivity (Wildman–Crippen MR) is 82.7 cm³/mol. The Labute approximate surface area is 128 Å². The molecule has 1 aliphatic rings. The predicted octanol–water partition coefficient (Wildman–Crippen LogP) is 0.0529. The fraction of sp³-hybridized carbons (Fsp3) is 1.00. The number of methoxy groups -OCH3 is 1. The first-order valence-corrected chi connectivity index (χ1v) is 7.96. The van der Waals surface area contributed by atoms with Crippen LogP contribution in [0.5, 0.6) is 0 Å². The van der Waals surface area contributed by atoms with Crippen LogP contribution in [-0.2, 0) is 14.2 Å². The van der Waals surface area contributed by atoms with Gasteiger partial charge in [-0.05, 0) is 13.8 Å². The van der Waals surface area contributed by atoms with Crippen molar-refractivity contribution in [3.05, 3.63) is 0 Å². The lowest BCUT2D eigenvalue weighted by Gasteiger charge is -2.35. The van der Waals surface area contributed by atoms with Crippen molar-refractivity contribution in [2.24, 2.45) is 0 Å². The van der Waals surface area contributed by atoms with Crippen molar-refractivity contribution < 1.29 is 19.3 Å². The number of rotatable bonds is 11. The minimum absolute atomic E-state index is 0.0278. The van der Waals surface area contributed by atoms with Gasteiger partial charge in [-0.3, -0.25) is 9.80 Å². The normalized spacial score (nSPS) is 20.6. The van der Waals surface area contributed by atoms with Crippen LogP contribution in [-0.4, -0.2) is 99.9 Å². The zero-order valence-electron chi connectivity index (χ0n) is 13.8. The zero-order valence-corrected chi connectivity index (χ0v) is 13.8. The van der Waals surface area contributed by atoms with E-state index >= 15 is 0 Å². The number of aliphatic hydroxyl groups is 1. The second-order valence-corrected chi connectivity index (χ2v) is 5.59. The Morgan fingerprint density at radius 2 is 1.76 bits per heavy atom. The average molecular weight is 304 g/mol. The fourth-order valence-electron chi connectivity index (χ4n) is 2.44. The van der Waals surface area contributed by atoms with Crippen LogP contribution >= 0.6 is 0 Å². The number of β-amino-alcohol motifs (C(OH)–C–C–N with tert-alkyl or cyclic N) is 1. The molecule has 0 aromatic rings. The Morgan fingerprint density at radius 3 is 2.38 bits per heavy atom. The Morgan fingerprint density at radius 1 is 1.10 bits per heavy atom. The first-order chi connectivity index (χ1) is 10.2. The van der Waals surface area contributed by atoms with E-state index in [9.17, 15) is 5.11 Å². The SMILES string of the molecule is CCOCCN1CCN(C[C@@H](O)CO[C@H](C)COC)CC1. The molecule has 1 heterocycles. The topological polar surface area (TPSA) is 54.4 Å². The van der Waals surface area contributed by atoms with E-state index in [4.69, 9.17) is 14.2 Å². The van der Waals surface area contributed by atoms with Gasteiger partial charge in [-0.15, -0.1) is 0 Å². The van der Waals surface area contributed by atoms with Crippen LogP contribution < -0.4 is 0 Å². The lowest BCUT2D eigenvalue weighted by Crippen LogP contribution is -2.49. The third kappa shape index (κ3) is 8.70. The molecule has 0 bridgehead atoms. The van der Waals surface area contributed by atoms with Crippen molar-refractivity contribution in [1.29, 1.82) is 0 Å². The first kappa shape index (κ1) is 18.8. The van der Waals surface area contributed by atoms with Gasteiger partial charge in [0.25, 0.3) is 0 Å². The molecule has 0 spiro atoms. The molecular formula is C15H32N2O4. The van der Waals surface area contributed by atoms with Crippen molar-refractivity contribution >= 4 is 0 Å². The molecule has 0 saturated carbocycles. The van der Waals surface area contributed by atoms with Gasteiger partial charge in [0, 0.05) is 53.0 Å². The standard InChI is InChI=1S/C15H32N2O4/c1-4-20-10-9-16-5-7-17(8-6-16)11-15(18)13-21-14(2)12-19-3/h14-15,18H,4-13H2,1-3H3/t14-,15-/m1/s1. The van der Waals surface area contributed by atoms with E-state index in [0.29, 0.717) is 19.8 Å². The number of hydrogen-bond donors (Lipinski definition) is 1. The smallest absolute Gasteiger partial charge is 0.0900 e. The summed E-state index contributed by atoms with van der Waals surface area (Å²) in [4.78, 5) is 4.71. The van der Waals surface area contributed by atoms with E-state index in [-0.39, 0.29) is 6.10 Å². The molecule has 1 N–H and O–H groups in total. The lowest BCUT2D eigenvalue weighted by molar-refractivity contribution is -0.0430. The van der Waals surface area contributed by atoms with E-state index in [1.807, 2.05) is 13.8 Å². The highest BCUT2D eigenvalue weighted by molar-refractivity contribution is 4.74. The molecule has 0 radical (unpaired) electrons. The molecule has 0 aromatic heterocycles. The van der Waals surface area contributed by atoms with Crippen LogP contribution in [0.15, 0.2) is 0 Å². The second kappa shape index (κ2) is 11.3. The van der Waals surface area contributed by atoms with E-state index in [0.717, 1.165) is 45.9 Å². The van der Waals surface area contributed by atoms with E-state index in [2.05, 4.69) is 9.80 Å². The maximum absolute atomic E-state index is 10.0. The molecule has 6 nitrogen and oxygen atoms in total. The van der Waals surface area contributed by atoms with Gasteiger partial charge in [-0.1, -0.05) is 0 Å². The molecule has 1 saturated heterocycles. The van der Waals surface area contributed by atoms with Gasteiger partial charge in [0.15, 0.2) is 0 Å². The third-order valence-corrected chi connectivity index (χ3v) is 3.66. The van der Waals surface area contributed by atoms with Gasteiger partial charge in [-0.25, -0.2) is 0 Å². The molecular weight excluding hydrogens is 272 g/mol. The molecule has 21 heavy (non-hydrogen) atoms. The quantitative estimate of drug-likeness (QED) is 0.545. The van der Waals surface area contributed by atoms with Crippen molar-refractivity contribution in [1.82, 2.24) is 9.80 Å². The first-order valence-electron chi connectivity index (χ1n) is 7.96. The summed E-state index contributed by atoms with van der Waals surface area (Å²) < 4.78 is 15.9. The van der Waals surface area contributed by atoms with Gasteiger partial charge in [-0.2, -0.15) is 0 Å². The minimum Gasteiger partial charge on any atom is -0.389 e. The summed E-state index contributed by atoms with van der Waals surface area (Å²) in [5.41, 5.74) is 0. The van der Waals surface area contributed by atoms with Crippen LogP contribution in [0.3, 0.4) is 0 Å². The average Bonchev–Trinajstić information content (AvgIpc) is 2.48. The molecule has 0 amide bonds. The number of hydrogen-bond acceptors (Lipinski definition) is 6. The van der Waals surface area contributed by atoms with Crippen LogP contribution in [0, 0.1) is 0 Å². The Balaban J connectivity index is 2.08. The Kier molecular flexibility index (Phi) is 10.2. The molecule has 2 atom stereocenters. The van der Waals surface area contributed by atoms with Gasteiger partial charge in [0.1, 0.15) is 0 Å². The fourth-order valence-corrected chi connectivity index (χ4v) is 2.44. The number of aliphatic hydroxyl groups excluding tert-OH is 1. The van der Waals surface area contributed by atoms with Crippen molar-refractivity contribution in [3.8, 4) is 0 Å². The van der Waals surface area contributed by atoms with Gasteiger partial charge >= 0.3 is 0 Å². The highest BCUT2D eigenvalue weighted by Crippen LogP contribution is 2.04. The summed E-state index contributed by atoms with van der Waals surface area (Å²) in [6.07, 6.45) is -0.403. The summed E-state index contributed by atoms with van der Waals surface area (Å²) in [5, 5.41) is 10.0. The van der Waals surface area contributed by atoms with Crippen molar-refractivity contribution in [2.75, 3.05) is 72.8 Å². The summed E-state index contributed by atoms with van der Waals surface area (Å²) in [6, 6.07) is 0. The molecule has 126 valence electrons. The van der Waals surface area contributed by atoms with Gasteiger partial charge < -0.3 is 19.3 Å². The summed E-state index contributed by atoms with van der Waals surface area (Å²) in [5.74, 6) is 0. The summed E-state index contributed by atoms with van der Waals surface area (Å²) in [6.45, 7) is 12.3. The van der Waals surface area contributed by atoms with Gasteiger partial charge in [0.05, 0.1) is 32.0 Å². The Bertz CT molecular complexity index is 248. The largest absolute Gasteiger partial charge is 0.389 e. The van der Waals surface area contributed by atoms with Crippen LogP contribution in [0.25, 0.3) is 0 Å². The molecule has 0 aliphatic carbocycles. The summed E-state index contributed by atoms with van der Waals surface area (Å²) >= 11 is 0. The lowest BCUT2D eigenvalue weighted by atomic mass is 10.2. The molecule has 1 fully saturated rings. The molecule has 6 heteroatoms. The van der Waals surface area contributed by atoms with Gasteiger partial charge in [0.2, 0.25) is 0 Å². The van der Waals surface area contributed by atoms with Crippen molar-refractivity contribution in [2.45, 2.75) is 26.1 Å². The molecule has 1 rings (SSSR count). The molecule has 0 unspecified atom stereocenters. The monoisotopic (exact) mass is 304 g/mol. The zero-order chi connectivity index (χ0) is 15.5. The maximum atomic E-state index is 10.0. The van der Waals surface area contributed by atoms with Crippen LogP contribution in [0.4, 0.5) is 0 Å². The Hall–Kier alpha value is -0.240. The van der Waals surface area contributed by atoms with E-state index in [1.54, 1.807) is 7.11 Å². The molecule has 0 aromatic carbocycles.